The zero-order valence-corrected chi connectivity index (χ0v) is 22.9. The summed E-state index contributed by atoms with van der Waals surface area (Å²) in [6.07, 6.45) is 5.24. The Morgan fingerprint density at radius 1 is 0.944 bits per heavy atom. The molecular weight excluding hydrogens is 495 g/mol. The Bertz CT molecular complexity index is 1090. The standard InChI is InChI=1S/C29H36Cl2N2O3/c1-4-6-15-32(16-7-5-2)17-8-18-33-26(23-14-13-22(30)19-24(23)31)25(28(35)29(33)36)27(34)21-11-9-20(3)10-12-21/h9-14,19,26,34H,4-8,15-18H2,1-3H3. The van der Waals surface area contributed by atoms with Gasteiger partial charge in [-0.25, -0.2) is 0 Å². The molecule has 1 amide bonds. The Morgan fingerprint density at radius 2 is 1.56 bits per heavy atom. The van der Waals surface area contributed by atoms with Gasteiger partial charge in [0, 0.05) is 22.2 Å². The van der Waals surface area contributed by atoms with E-state index in [2.05, 4.69) is 18.7 Å². The van der Waals surface area contributed by atoms with Crippen LogP contribution in [0.25, 0.3) is 5.76 Å². The third kappa shape index (κ3) is 6.70. The summed E-state index contributed by atoms with van der Waals surface area (Å²) in [5.74, 6) is -1.51. The Morgan fingerprint density at radius 3 is 2.14 bits per heavy atom. The topological polar surface area (TPSA) is 60.9 Å². The second-order valence-corrected chi connectivity index (χ2v) is 10.3. The van der Waals surface area contributed by atoms with Crippen LogP contribution in [0.4, 0.5) is 0 Å². The van der Waals surface area contributed by atoms with Crippen molar-refractivity contribution >= 4 is 40.7 Å². The summed E-state index contributed by atoms with van der Waals surface area (Å²) in [5.41, 5.74) is 2.14. The van der Waals surface area contributed by atoms with Gasteiger partial charge in [0.15, 0.2) is 0 Å². The molecule has 0 saturated carbocycles. The van der Waals surface area contributed by atoms with E-state index in [-0.39, 0.29) is 11.3 Å². The summed E-state index contributed by atoms with van der Waals surface area (Å²) in [6, 6.07) is 11.4. The maximum absolute atomic E-state index is 13.3. The van der Waals surface area contributed by atoms with Crippen LogP contribution in [-0.4, -0.2) is 52.8 Å². The van der Waals surface area contributed by atoms with Crippen LogP contribution in [0.2, 0.25) is 10.0 Å². The molecule has 0 bridgehead atoms. The molecular formula is C29H36Cl2N2O3. The first-order valence-electron chi connectivity index (χ1n) is 12.8. The van der Waals surface area contributed by atoms with Crippen molar-refractivity contribution in [2.45, 2.75) is 58.9 Å². The lowest BCUT2D eigenvalue weighted by molar-refractivity contribution is -0.140. The van der Waals surface area contributed by atoms with Crippen LogP contribution < -0.4 is 0 Å². The largest absolute Gasteiger partial charge is 0.507 e. The molecule has 1 saturated heterocycles. The average Bonchev–Trinajstić information content (AvgIpc) is 3.10. The van der Waals surface area contributed by atoms with Crippen LogP contribution in [-0.2, 0) is 9.59 Å². The van der Waals surface area contributed by atoms with E-state index >= 15 is 0 Å². The smallest absolute Gasteiger partial charge is 0.295 e. The van der Waals surface area contributed by atoms with Gasteiger partial charge in [-0.05, 0) is 63.5 Å². The minimum Gasteiger partial charge on any atom is -0.507 e. The van der Waals surface area contributed by atoms with Crippen molar-refractivity contribution in [2.75, 3.05) is 26.2 Å². The van der Waals surface area contributed by atoms with Gasteiger partial charge < -0.3 is 14.9 Å². The fraction of sp³-hybridized carbons (Fsp3) is 0.448. The number of unbranched alkanes of at least 4 members (excludes halogenated alkanes) is 2. The van der Waals surface area contributed by atoms with Gasteiger partial charge in [-0.15, -0.1) is 0 Å². The number of hydrogen-bond donors (Lipinski definition) is 1. The van der Waals surface area contributed by atoms with Crippen molar-refractivity contribution in [3.8, 4) is 0 Å². The zero-order chi connectivity index (χ0) is 26.2. The minimum atomic E-state index is -0.782. The second-order valence-electron chi connectivity index (χ2n) is 9.43. The van der Waals surface area contributed by atoms with E-state index < -0.39 is 17.7 Å². The van der Waals surface area contributed by atoms with Crippen LogP contribution in [0.5, 0.6) is 0 Å². The summed E-state index contributed by atoms with van der Waals surface area (Å²) < 4.78 is 0. The van der Waals surface area contributed by atoms with Gasteiger partial charge in [0.2, 0.25) is 0 Å². The van der Waals surface area contributed by atoms with E-state index in [4.69, 9.17) is 23.2 Å². The summed E-state index contributed by atoms with van der Waals surface area (Å²) in [4.78, 5) is 30.5. The number of aliphatic hydroxyl groups excluding tert-OH is 1. The highest BCUT2D eigenvalue weighted by Crippen LogP contribution is 2.42. The Balaban J connectivity index is 1.95. The van der Waals surface area contributed by atoms with E-state index in [0.717, 1.165) is 50.9 Å². The molecule has 1 N–H and O–H groups in total. The molecule has 1 atom stereocenters. The molecule has 0 spiro atoms. The Kier molecular flexibility index (Phi) is 10.4. The number of amides is 1. The van der Waals surface area contributed by atoms with E-state index in [0.29, 0.717) is 34.1 Å². The van der Waals surface area contributed by atoms with Crippen molar-refractivity contribution in [1.82, 2.24) is 9.80 Å². The van der Waals surface area contributed by atoms with Crippen molar-refractivity contribution in [1.29, 1.82) is 0 Å². The zero-order valence-electron chi connectivity index (χ0n) is 21.4. The lowest BCUT2D eigenvalue weighted by atomic mass is 9.95. The predicted octanol–water partition coefficient (Wildman–Crippen LogP) is 7.02. The van der Waals surface area contributed by atoms with Crippen LogP contribution in [0.1, 0.15) is 68.7 Å². The fourth-order valence-corrected chi connectivity index (χ4v) is 5.10. The van der Waals surface area contributed by atoms with Crippen molar-refractivity contribution in [3.63, 3.8) is 0 Å². The number of ketones is 1. The molecule has 2 aromatic carbocycles. The first-order chi connectivity index (χ1) is 17.3. The lowest BCUT2D eigenvalue weighted by Crippen LogP contribution is -2.34. The highest BCUT2D eigenvalue weighted by atomic mass is 35.5. The lowest BCUT2D eigenvalue weighted by Gasteiger charge is -2.28. The first-order valence-corrected chi connectivity index (χ1v) is 13.6. The predicted molar refractivity (Wildman–Crippen MR) is 148 cm³/mol. The summed E-state index contributed by atoms with van der Waals surface area (Å²) >= 11 is 12.7. The van der Waals surface area contributed by atoms with Crippen LogP contribution >= 0.6 is 23.2 Å². The van der Waals surface area contributed by atoms with E-state index in [1.165, 1.54) is 0 Å². The number of rotatable bonds is 12. The molecule has 1 heterocycles. The van der Waals surface area contributed by atoms with Gasteiger partial charge in [0.1, 0.15) is 5.76 Å². The first kappa shape index (κ1) is 28.2. The van der Waals surface area contributed by atoms with E-state index in [1.807, 2.05) is 19.1 Å². The Labute approximate surface area is 224 Å². The number of aliphatic hydroxyl groups is 1. The molecule has 194 valence electrons. The third-order valence-electron chi connectivity index (χ3n) is 6.65. The summed E-state index contributed by atoms with van der Waals surface area (Å²) in [6.45, 7) is 9.57. The summed E-state index contributed by atoms with van der Waals surface area (Å²) in [5, 5.41) is 12.0. The number of Topliss-reactive ketones (excluding diaryl/α,β-unsaturated/α-hetero) is 1. The van der Waals surface area contributed by atoms with Crippen LogP contribution in [0.3, 0.4) is 0 Å². The second kappa shape index (κ2) is 13.3. The number of carbonyl (C=O) groups is 2. The quantitative estimate of drug-likeness (QED) is 0.182. The molecule has 0 aliphatic carbocycles. The molecule has 3 rings (SSSR count). The maximum Gasteiger partial charge on any atom is 0.295 e. The number of benzene rings is 2. The SMILES string of the molecule is CCCCN(CCCC)CCCN1C(=O)C(=O)C(=C(O)c2ccc(C)cc2)C1c1ccc(Cl)cc1Cl. The van der Waals surface area contributed by atoms with Gasteiger partial charge in [-0.1, -0.05) is 85.8 Å². The molecule has 0 radical (unpaired) electrons. The van der Waals surface area contributed by atoms with E-state index in [9.17, 15) is 14.7 Å². The maximum atomic E-state index is 13.3. The normalized spacial score (nSPS) is 17.4. The van der Waals surface area contributed by atoms with E-state index in [1.54, 1.807) is 35.2 Å². The summed E-state index contributed by atoms with van der Waals surface area (Å²) in [7, 11) is 0. The van der Waals surface area contributed by atoms with Crippen molar-refractivity contribution in [2.24, 2.45) is 0 Å². The third-order valence-corrected chi connectivity index (χ3v) is 7.21. The number of nitrogens with zero attached hydrogens (tertiary/aromatic N) is 2. The highest BCUT2D eigenvalue weighted by molar-refractivity contribution is 6.47. The Hall–Kier alpha value is -2.34. The fourth-order valence-electron chi connectivity index (χ4n) is 4.59. The average molecular weight is 532 g/mol. The number of carbonyl (C=O) groups excluding carboxylic acids is 2. The molecule has 7 heteroatoms. The molecule has 36 heavy (non-hydrogen) atoms. The molecule has 1 aliphatic heterocycles. The van der Waals surface area contributed by atoms with Gasteiger partial charge >= 0.3 is 0 Å². The number of aryl methyl sites for hydroxylation is 1. The van der Waals surface area contributed by atoms with Crippen LogP contribution in [0.15, 0.2) is 48.0 Å². The van der Waals surface area contributed by atoms with Gasteiger partial charge in [0.05, 0.1) is 11.6 Å². The number of likely N-dealkylation sites (tertiary alicyclic amines) is 1. The molecule has 5 nitrogen and oxygen atoms in total. The van der Waals surface area contributed by atoms with Gasteiger partial charge in [-0.3, -0.25) is 9.59 Å². The number of halogens is 2. The van der Waals surface area contributed by atoms with Crippen LogP contribution in [0, 0.1) is 6.92 Å². The van der Waals surface area contributed by atoms with Gasteiger partial charge in [-0.2, -0.15) is 0 Å². The highest BCUT2D eigenvalue weighted by Gasteiger charge is 2.46. The minimum absolute atomic E-state index is 0.0573. The van der Waals surface area contributed by atoms with Crippen molar-refractivity contribution < 1.29 is 14.7 Å². The molecule has 1 aliphatic rings. The monoisotopic (exact) mass is 530 g/mol. The number of hydrogen-bond acceptors (Lipinski definition) is 4. The van der Waals surface area contributed by atoms with Gasteiger partial charge in [0.25, 0.3) is 11.7 Å². The van der Waals surface area contributed by atoms with Crippen molar-refractivity contribution in [3.05, 3.63) is 74.8 Å². The molecule has 2 aromatic rings. The molecule has 0 aromatic heterocycles. The molecule has 1 fully saturated rings. The molecule has 1 unspecified atom stereocenters.